The maximum absolute atomic E-state index is 14.9. The first-order chi connectivity index (χ1) is 18.9. The van der Waals surface area contributed by atoms with Gasteiger partial charge in [-0.15, -0.1) is 5.92 Å². The molecule has 2 aromatic heterocycles. The number of fused-ring (bicyclic) bond motifs is 1. The van der Waals surface area contributed by atoms with Gasteiger partial charge in [0.1, 0.15) is 17.7 Å². The number of carbonyl (C=O) groups excluding carboxylic acids is 1. The van der Waals surface area contributed by atoms with E-state index in [4.69, 9.17) is 5.26 Å². The number of aromatic nitrogens is 3. The number of pyridine rings is 1. The number of benzene rings is 2. The van der Waals surface area contributed by atoms with Gasteiger partial charge in [0, 0.05) is 49.7 Å². The molecule has 0 unspecified atom stereocenters. The molecule has 194 valence electrons. The Kier molecular flexibility index (Phi) is 7.07. The van der Waals surface area contributed by atoms with Gasteiger partial charge in [0.25, 0.3) is 11.5 Å². The summed E-state index contributed by atoms with van der Waals surface area (Å²) in [7, 11) is 0. The summed E-state index contributed by atoms with van der Waals surface area (Å²) in [4.78, 5) is 33.7. The lowest BCUT2D eigenvalue weighted by molar-refractivity contribution is 0.0741. The number of rotatable bonds is 4. The van der Waals surface area contributed by atoms with Crippen molar-refractivity contribution in [2.24, 2.45) is 0 Å². The van der Waals surface area contributed by atoms with Gasteiger partial charge in [-0.05, 0) is 61.4 Å². The topological polar surface area (TPSA) is 106 Å². The molecule has 0 radical (unpaired) electrons. The number of anilines is 1. The highest BCUT2D eigenvalue weighted by Gasteiger charge is 2.25. The molecule has 8 nitrogen and oxygen atoms in total. The number of nitrogens with zero attached hydrogens (tertiary/aromatic N) is 5. The zero-order valence-electron chi connectivity index (χ0n) is 21.6. The molecule has 0 bridgehead atoms. The summed E-state index contributed by atoms with van der Waals surface area (Å²) in [5, 5.41) is 17.0. The molecule has 3 heterocycles. The van der Waals surface area contributed by atoms with Crippen molar-refractivity contribution in [3.63, 3.8) is 0 Å². The molecule has 39 heavy (non-hydrogen) atoms. The van der Waals surface area contributed by atoms with Crippen molar-refractivity contribution in [3.8, 4) is 17.9 Å². The molecule has 0 aliphatic carbocycles. The minimum absolute atomic E-state index is 0.000406. The Balaban J connectivity index is 1.37. The summed E-state index contributed by atoms with van der Waals surface area (Å²) in [5.74, 6) is 5.71. The highest BCUT2D eigenvalue weighted by Crippen LogP contribution is 2.25. The van der Waals surface area contributed by atoms with Crippen LogP contribution in [-0.2, 0) is 6.42 Å². The van der Waals surface area contributed by atoms with Gasteiger partial charge in [-0.1, -0.05) is 12.0 Å². The zero-order valence-corrected chi connectivity index (χ0v) is 21.6. The van der Waals surface area contributed by atoms with Crippen LogP contribution >= 0.6 is 0 Å². The van der Waals surface area contributed by atoms with E-state index in [0.29, 0.717) is 60.2 Å². The Labute approximate surface area is 224 Å². The predicted molar refractivity (Wildman–Crippen MR) is 146 cm³/mol. The van der Waals surface area contributed by atoms with Crippen molar-refractivity contribution >= 4 is 22.5 Å². The molecule has 0 spiro atoms. The van der Waals surface area contributed by atoms with Gasteiger partial charge in [0.15, 0.2) is 0 Å². The van der Waals surface area contributed by atoms with Crippen molar-refractivity contribution in [2.75, 3.05) is 31.1 Å². The molecule has 1 amide bonds. The number of H-pyrrole nitrogens is 1. The van der Waals surface area contributed by atoms with Gasteiger partial charge in [0.2, 0.25) is 0 Å². The highest BCUT2D eigenvalue weighted by atomic mass is 19.1. The number of carbonyl (C=O) groups is 1. The number of halogens is 1. The number of piperazine rings is 1. The second kappa shape index (κ2) is 10.8. The van der Waals surface area contributed by atoms with Crippen LogP contribution in [0, 0.1) is 35.9 Å². The third-order valence-electron chi connectivity index (χ3n) is 6.95. The van der Waals surface area contributed by atoms with Gasteiger partial charge >= 0.3 is 0 Å². The maximum Gasteiger partial charge on any atom is 0.272 e. The number of nitrogens with one attached hydrogen (secondary N) is 1. The maximum atomic E-state index is 14.9. The molecule has 1 N–H and O–H groups in total. The molecule has 5 rings (SSSR count). The van der Waals surface area contributed by atoms with Crippen LogP contribution in [-0.4, -0.2) is 52.2 Å². The number of hydrogen-bond donors (Lipinski definition) is 1. The monoisotopic (exact) mass is 520 g/mol. The third kappa shape index (κ3) is 5.07. The van der Waals surface area contributed by atoms with Crippen LogP contribution in [0.4, 0.5) is 10.2 Å². The second-order valence-electron chi connectivity index (χ2n) is 9.32. The average molecular weight is 521 g/mol. The summed E-state index contributed by atoms with van der Waals surface area (Å²) in [6.45, 7) is 5.57. The Morgan fingerprint density at radius 1 is 1.13 bits per heavy atom. The lowest BCUT2D eigenvalue weighted by Gasteiger charge is -2.35. The molecule has 4 aromatic rings. The molecule has 1 aliphatic rings. The van der Waals surface area contributed by atoms with E-state index < -0.39 is 5.82 Å². The number of aromatic amines is 1. The fraction of sp³-hybridized carbons (Fsp3) is 0.233. The molecule has 0 atom stereocenters. The Hall–Kier alpha value is -5.02. The smallest absolute Gasteiger partial charge is 0.272 e. The van der Waals surface area contributed by atoms with E-state index >= 15 is 0 Å². The predicted octanol–water partition coefficient (Wildman–Crippen LogP) is 3.56. The largest absolute Gasteiger partial charge is 0.353 e. The Morgan fingerprint density at radius 2 is 1.92 bits per heavy atom. The number of aryl methyl sites for hydroxylation is 1. The second-order valence-corrected chi connectivity index (χ2v) is 9.32. The SMILES string of the molecule is CC#Cc1ccc2c(=O)[nH]nc(Cc3ccc(F)c(C(=O)N4CCN(c5ccc(C#N)cn5)CC4)c3)c2c1C. The summed E-state index contributed by atoms with van der Waals surface area (Å²) in [5.41, 5.74) is 3.17. The van der Waals surface area contributed by atoms with Crippen LogP contribution in [0.15, 0.2) is 53.5 Å². The van der Waals surface area contributed by atoms with Crippen molar-refractivity contribution in [3.05, 3.63) is 98.3 Å². The molecule has 1 fully saturated rings. The molecular weight excluding hydrogens is 495 g/mol. The minimum atomic E-state index is -0.587. The van der Waals surface area contributed by atoms with E-state index in [0.717, 1.165) is 16.9 Å². The average Bonchev–Trinajstić information content (AvgIpc) is 2.96. The van der Waals surface area contributed by atoms with Crippen LogP contribution in [0.2, 0.25) is 0 Å². The van der Waals surface area contributed by atoms with Crippen molar-refractivity contribution in [1.29, 1.82) is 5.26 Å². The van der Waals surface area contributed by atoms with E-state index in [-0.39, 0.29) is 17.0 Å². The Bertz CT molecular complexity index is 1740. The van der Waals surface area contributed by atoms with E-state index in [1.807, 2.05) is 24.0 Å². The summed E-state index contributed by atoms with van der Waals surface area (Å²) in [6, 6.07) is 13.6. The van der Waals surface area contributed by atoms with Crippen LogP contribution in [0.3, 0.4) is 0 Å². The van der Waals surface area contributed by atoms with Crippen LogP contribution in [0.25, 0.3) is 10.8 Å². The van der Waals surface area contributed by atoms with Gasteiger partial charge in [-0.3, -0.25) is 9.59 Å². The number of amides is 1. The lowest BCUT2D eigenvalue weighted by Crippen LogP contribution is -2.49. The van der Waals surface area contributed by atoms with E-state index in [1.165, 1.54) is 12.3 Å². The number of hydrogen-bond acceptors (Lipinski definition) is 6. The van der Waals surface area contributed by atoms with E-state index in [1.54, 1.807) is 42.2 Å². The van der Waals surface area contributed by atoms with Gasteiger partial charge < -0.3 is 9.80 Å². The fourth-order valence-electron chi connectivity index (χ4n) is 4.89. The standard InChI is InChI=1S/C30H25FN6O2/c1-3-4-22-7-8-23-28(19(22)2)26(34-35-29(23)38)16-20-5-9-25(31)24(15-20)30(39)37-13-11-36(12-14-37)27-10-6-21(17-32)18-33-27/h5-10,15,18H,11-14,16H2,1-2H3,(H,35,38). The normalized spacial score (nSPS) is 13.1. The van der Waals surface area contributed by atoms with Gasteiger partial charge in [0.05, 0.1) is 22.2 Å². The third-order valence-corrected chi connectivity index (χ3v) is 6.95. The van der Waals surface area contributed by atoms with Crippen molar-refractivity contribution in [1.82, 2.24) is 20.1 Å². The summed E-state index contributed by atoms with van der Waals surface area (Å²) in [6.07, 6.45) is 1.82. The van der Waals surface area contributed by atoms with E-state index in [2.05, 4.69) is 27.0 Å². The van der Waals surface area contributed by atoms with Crippen LogP contribution in [0.5, 0.6) is 0 Å². The first-order valence-electron chi connectivity index (χ1n) is 12.5. The van der Waals surface area contributed by atoms with Crippen LogP contribution < -0.4 is 10.5 Å². The quantitative estimate of drug-likeness (QED) is 0.413. The molecule has 9 heteroatoms. The Morgan fingerprint density at radius 3 is 2.62 bits per heavy atom. The zero-order chi connectivity index (χ0) is 27.5. The molecule has 1 saturated heterocycles. The van der Waals surface area contributed by atoms with Crippen LogP contribution in [0.1, 0.15) is 45.2 Å². The first kappa shape index (κ1) is 25.6. The summed E-state index contributed by atoms with van der Waals surface area (Å²) < 4.78 is 14.9. The van der Waals surface area contributed by atoms with Crippen molar-refractivity contribution in [2.45, 2.75) is 20.3 Å². The number of nitriles is 1. The lowest BCUT2D eigenvalue weighted by atomic mass is 9.96. The molecular formula is C30H25FN6O2. The van der Waals surface area contributed by atoms with Gasteiger partial charge in [-0.2, -0.15) is 10.4 Å². The highest BCUT2D eigenvalue weighted by molar-refractivity contribution is 5.95. The minimum Gasteiger partial charge on any atom is -0.353 e. The van der Waals surface area contributed by atoms with E-state index in [9.17, 15) is 14.0 Å². The van der Waals surface area contributed by atoms with Gasteiger partial charge in [-0.25, -0.2) is 14.5 Å². The molecule has 0 saturated carbocycles. The molecule has 2 aromatic carbocycles. The first-order valence-corrected chi connectivity index (χ1v) is 12.5. The fourth-order valence-corrected chi connectivity index (χ4v) is 4.89. The molecule has 1 aliphatic heterocycles. The van der Waals surface area contributed by atoms with Crippen molar-refractivity contribution < 1.29 is 9.18 Å². The summed E-state index contributed by atoms with van der Waals surface area (Å²) >= 11 is 0.